The van der Waals surface area contributed by atoms with Crippen molar-refractivity contribution >= 4 is 54.7 Å². The van der Waals surface area contributed by atoms with Gasteiger partial charge in [-0.1, -0.05) is 29.8 Å². The number of non-ortho nitro benzene ring substituents is 1. The number of carbonyl (C=O) groups is 1. The Balaban J connectivity index is 1.63. The predicted molar refractivity (Wildman–Crippen MR) is 164 cm³/mol. The first-order valence-electron chi connectivity index (χ1n) is 13.4. The molecule has 1 unspecified atom stereocenters. The van der Waals surface area contributed by atoms with Gasteiger partial charge in [0.15, 0.2) is 0 Å². The standard InChI is InChI=1S/C28H31ClN4O8S2/c1-20(14-17-42(37,38)39)32(43(40,41)24-11-8-22(9-12-24)33(35)36)19-21-6-2-3-7-27(21)30-28(34)25-13-10-23(18-26(25)29)31-15-4-5-16-31/h2-3,6-13,18,20H,4-5,14-17,19H2,1H3,(H,30,34)(H,37,38,39). The van der Waals surface area contributed by atoms with E-state index in [0.717, 1.165) is 60.2 Å². The largest absolute Gasteiger partial charge is 0.371 e. The van der Waals surface area contributed by atoms with Crippen molar-refractivity contribution in [3.8, 4) is 0 Å². The van der Waals surface area contributed by atoms with Crippen LogP contribution in [0, 0.1) is 10.1 Å². The molecule has 1 heterocycles. The molecule has 3 aromatic carbocycles. The van der Waals surface area contributed by atoms with Gasteiger partial charge in [-0.3, -0.25) is 19.5 Å². The van der Waals surface area contributed by atoms with E-state index in [2.05, 4.69) is 10.2 Å². The number of hydrogen-bond donors (Lipinski definition) is 2. The number of amides is 1. The van der Waals surface area contributed by atoms with Gasteiger partial charge in [-0.25, -0.2) is 8.42 Å². The number of carbonyl (C=O) groups excluding carboxylic acids is 1. The summed E-state index contributed by atoms with van der Waals surface area (Å²) in [6.07, 6.45) is 1.93. The van der Waals surface area contributed by atoms with E-state index in [1.807, 2.05) is 6.07 Å². The quantitative estimate of drug-likeness (QED) is 0.156. The molecular formula is C28H31ClN4O8S2. The van der Waals surface area contributed by atoms with Gasteiger partial charge in [0.2, 0.25) is 10.0 Å². The molecule has 0 aliphatic carbocycles. The summed E-state index contributed by atoms with van der Waals surface area (Å²) in [7, 11) is -8.72. The summed E-state index contributed by atoms with van der Waals surface area (Å²) in [6.45, 7) is 3.02. The Kier molecular flexibility index (Phi) is 10.1. The molecule has 0 saturated carbocycles. The third kappa shape index (κ3) is 8.09. The predicted octanol–water partition coefficient (Wildman–Crippen LogP) is 4.96. The van der Waals surface area contributed by atoms with Gasteiger partial charge in [-0.15, -0.1) is 0 Å². The van der Waals surface area contributed by atoms with Crippen LogP contribution in [-0.4, -0.2) is 61.4 Å². The number of rotatable bonds is 12. The molecule has 15 heteroatoms. The fraction of sp³-hybridized carbons (Fsp3) is 0.321. The van der Waals surface area contributed by atoms with E-state index in [1.165, 1.54) is 6.92 Å². The third-order valence-electron chi connectivity index (χ3n) is 7.20. The van der Waals surface area contributed by atoms with Crippen LogP contribution in [0.4, 0.5) is 17.1 Å². The van der Waals surface area contributed by atoms with Crippen molar-refractivity contribution in [2.75, 3.05) is 29.1 Å². The Labute approximate surface area is 255 Å². The molecule has 12 nitrogen and oxygen atoms in total. The van der Waals surface area contributed by atoms with E-state index in [0.29, 0.717) is 11.3 Å². The first-order chi connectivity index (χ1) is 20.3. The van der Waals surface area contributed by atoms with Crippen LogP contribution in [0.25, 0.3) is 0 Å². The third-order valence-corrected chi connectivity index (χ3v) is 10.2. The smallest absolute Gasteiger partial charge is 0.269 e. The Morgan fingerprint density at radius 3 is 2.33 bits per heavy atom. The van der Waals surface area contributed by atoms with Crippen molar-refractivity contribution in [1.29, 1.82) is 0 Å². The van der Waals surface area contributed by atoms with Crippen LogP contribution < -0.4 is 10.2 Å². The molecule has 230 valence electrons. The van der Waals surface area contributed by atoms with Gasteiger partial charge in [-0.05, 0) is 68.1 Å². The molecule has 0 radical (unpaired) electrons. The maximum absolute atomic E-state index is 13.8. The zero-order valence-electron chi connectivity index (χ0n) is 23.2. The van der Waals surface area contributed by atoms with Crippen LogP contribution in [-0.2, 0) is 26.7 Å². The van der Waals surface area contributed by atoms with Crippen LogP contribution in [0.1, 0.15) is 42.1 Å². The molecule has 1 saturated heterocycles. The number of nitrogens with zero attached hydrogens (tertiary/aromatic N) is 3. The molecule has 1 aliphatic rings. The van der Waals surface area contributed by atoms with Crippen molar-refractivity contribution in [1.82, 2.24) is 4.31 Å². The minimum atomic E-state index is -4.39. The Morgan fingerprint density at radius 2 is 1.72 bits per heavy atom. The monoisotopic (exact) mass is 650 g/mol. The average Bonchev–Trinajstić information content (AvgIpc) is 3.50. The molecule has 1 aliphatic heterocycles. The van der Waals surface area contributed by atoms with Gasteiger partial charge >= 0.3 is 0 Å². The van der Waals surface area contributed by atoms with Gasteiger partial charge < -0.3 is 10.2 Å². The highest BCUT2D eigenvalue weighted by Crippen LogP contribution is 2.30. The number of hydrogen-bond acceptors (Lipinski definition) is 8. The highest BCUT2D eigenvalue weighted by Gasteiger charge is 2.31. The maximum Gasteiger partial charge on any atom is 0.269 e. The number of nitro groups is 1. The SMILES string of the molecule is CC(CCS(=O)(=O)O)N(Cc1ccccc1NC(=O)c1ccc(N2CCCC2)cc1Cl)S(=O)(=O)c1ccc([N+](=O)[O-])cc1. The lowest BCUT2D eigenvalue weighted by atomic mass is 10.1. The van der Waals surface area contributed by atoms with E-state index in [1.54, 1.807) is 36.4 Å². The van der Waals surface area contributed by atoms with Crippen LogP contribution in [0.3, 0.4) is 0 Å². The summed E-state index contributed by atoms with van der Waals surface area (Å²) in [5, 5.41) is 14.1. The van der Waals surface area contributed by atoms with E-state index in [-0.39, 0.29) is 34.1 Å². The number of halogens is 1. The van der Waals surface area contributed by atoms with E-state index in [4.69, 9.17) is 11.6 Å². The van der Waals surface area contributed by atoms with Gasteiger partial charge in [0.05, 0.1) is 26.2 Å². The van der Waals surface area contributed by atoms with E-state index >= 15 is 0 Å². The molecule has 0 bridgehead atoms. The van der Waals surface area contributed by atoms with Gasteiger partial charge in [0.25, 0.3) is 21.7 Å². The number of benzene rings is 3. The highest BCUT2D eigenvalue weighted by atomic mass is 35.5. The summed E-state index contributed by atoms with van der Waals surface area (Å²) >= 11 is 6.48. The van der Waals surface area contributed by atoms with Crippen LogP contribution in [0.2, 0.25) is 5.02 Å². The summed E-state index contributed by atoms with van der Waals surface area (Å²) in [4.78, 5) is 25.6. The van der Waals surface area contributed by atoms with Crippen molar-refractivity contribution in [2.24, 2.45) is 0 Å². The van der Waals surface area contributed by atoms with Gasteiger partial charge in [0, 0.05) is 49.2 Å². The summed E-state index contributed by atoms with van der Waals surface area (Å²) in [6, 6.07) is 15.1. The summed E-state index contributed by atoms with van der Waals surface area (Å²) in [5.41, 5.74) is 1.55. The number of sulfonamides is 1. The second-order valence-corrected chi connectivity index (χ2v) is 14.1. The lowest BCUT2D eigenvalue weighted by Gasteiger charge is -2.29. The number of para-hydroxylation sites is 1. The zero-order valence-corrected chi connectivity index (χ0v) is 25.6. The molecule has 1 amide bonds. The van der Waals surface area contributed by atoms with E-state index in [9.17, 15) is 36.3 Å². The van der Waals surface area contributed by atoms with Crippen molar-refractivity contribution < 1.29 is 31.1 Å². The topological polar surface area (TPSA) is 167 Å². The molecular weight excluding hydrogens is 620 g/mol. The minimum absolute atomic E-state index is 0.233. The molecule has 43 heavy (non-hydrogen) atoms. The second kappa shape index (κ2) is 13.4. The van der Waals surface area contributed by atoms with Crippen LogP contribution >= 0.6 is 11.6 Å². The molecule has 0 spiro atoms. The number of nitrogens with one attached hydrogen (secondary N) is 1. The molecule has 1 fully saturated rings. The Hall–Kier alpha value is -3.56. The van der Waals surface area contributed by atoms with E-state index < -0.39 is 42.8 Å². The zero-order chi connectivity index (χ0) is 31.4. The summed E-state index contributed by atoms with van der Waals surface area (Å²) < 4.78 is 60.7. The molecule has 3 aromatic rings. The number of anilines is 2. The minimum Gasteiger partial charge on any atom is -0.371 e. The first-order valence-corrected chi connectivity index (χ1v) is 16.8. The molecule has 4 rings (SSSR count). The lowest BCUT2D eigenvalue weighted by Crippen LogP contribution is -2.39. The Bertz CT molecular complexity index is 1710. The second-order valence-electron chi connectivity index (χ2n) is 10.2. The fourth-order valence-electron chi connectivity index (χ4n) is 4.81. The average molecular weight is 651 g/mol. The van der Waals surface area contributed by atoms with Crippen molar-refractivity contribution in [2.45, 2.75) is 43.7 Å². The van der Waals surface area contributed by atoms with Crippen LogP contribution in [0.15, 0.2) is 71.6 Å². The highest BCUT2D eigenvalue weighted by molar-refractivity contribution is 7.89. The van der Waals surface area contributed by atoms with Crippen molar-refractivity contribution in [3.63, 3.8) is 0 Å². The molecule has 0 aromatic heterocycles. The first kappa shape index (κ1) is 32.4. The molecule has 1 atom stereocenters. The van der Waals surface area contributed by atoms with Gasteiger partial charge in [0.1, 0.15) is 0 Å². The normalized spacial score (nSPS) is 14.6. The summed E-state index contributed by atoms with van der Waals surface area (Å²) in [5.74, 6) is -1.19. The Morgan fingerprint density at radius 1 is 1.07 bits per heavy atom. The van der Waals surface area contributed by atoms with Crippen molar-refractivity contribution in [3.05, 3.63) is 93.0 Å². The molecule has 2 N–H and O–H groups in total. The number of nitro benzene ring substituents is 1. The lowest BCUT2D eigenvalue weighted by molar-refractivity contribution is -0.384. The van der Waals surface area contributed by atoms with Crippen LogP contribution in [0.5, 0.6) is 0 Å². The maximum atomic E-state index is 13.8. The van der Waals surface area contributed by atoms with Gasteiger partial charge in [-0.2, -0.15) is 12.7 Å². The fourth-order valence-corrected chi connectivity index (χ4v) is 7.35.